The third-order valence-corrected chi connectivity index (χ3v) is 2.60. The molecule has 1 N–H and O–H groups in total. The van der Waals surface area contributed by atoms with Crippen LogP contribution in [0.1, 0.15) is 12.8 Å². The molecule has 1 atom stereocenters. The van der Waals surface area contributed by atoms with Crippen LogP contribution in [-0.2, 0) is 4.74 Å². The van der Waals surface area contributed by atoms with Gasteiger partial charge >= 0.3 is 0 Å². The van der Waals surface area contributed by atoms with Gasteiger partial charge in [-0.05, 0) is 25.0 Å². The lowest BCUT2D eigenvalue weighted by molar-refractivity contribution is 0.120. The van der Waals surface area contributed by atoms with Crippen molar-refractivity contribution in [3.8, 4) is 0 Å². The Kier molecular flexibility index (Phi) is 3.22. The highest BCUT2D eigenvalue weighted by Crippen LogP contribution is 2.19. The molecule has 14 heavy (non-hydrogen) atoms. The summed E-state index contributed by atoms with van der Waals surface area (Å²) >= 11 is 5.90. The quantitative estimate of drug-likeness (QED) is 0.781. The van der Waals surface area contributed by atoms with Crippen molar-refractivity contribution >= 4 is 17.3 Å². The molecule has 0 bridgehead atoms. The molecule has 0 saturated carbocycles. The van der Waals surface area contributed by atoms with Gasteiger partial charge in [0, 0.05) is 19.3 Å². The average molecular weight is 213 g/mol. The van der Waals surface area contributed by atoms with Crippen LogP contribution in [0.15, 0.2) is 18.3 Å². The molecule has 1 saturated heterocycles. The Labute approximate surface area is 88.4 Å². The van der Waals surface area contributed by atoms with Gasteiger partial charge in [-0.2, -0.15) is 0 Å². The summed E-state index contributed by atoms with van der Waals surface area (Å²) in [6.07, 6.45) is 4.30. The summed E-state index contributed by atoms with van der Waals surface area (Å²) in [6.45, 7) is 1.69. The van der Waals surface area contributed by atoms with Crippen LogP contribution in [0.4, 0.5) is 5.69 Å². The molecular weight excluding hydrogens is 200 g/mol. The smallest absolute Gasteiger partial charge is 0.152 e. The highest BCUT2D eigenvalue weighted by Gasteiger charge is 2.15. The minimum atomic E-state index is 0.325. The number of rotatable bonds is 3. The molecule has 2 heterocycles. The fourth-order valence-corrected chi connectivity index (χ4v) is 1.73. The van der Waals surface area contributed by atoms with E-state index in [9.17, 15) is 0 Å². The summed E-state index contributed by atoms with van der Waals surface area (Å²) in [4.78, 5) is 3.99. The third kappa shape index (κ3) is 2.36. The van der Waals surface area contributed by atoms with Crippen molar-refractivity contribution < 1.29 is 4.74 Å². The Hall–Kier alpha value is -0.800. The van der Waals surface area contributed by atoms with E-state index in [-0.39, 0.29) is 0 Å². The summed E-state index contributed by atoms with van der Waals surface area (Å²) in [6, 6.07) is 3.79. The van der Waals surface area contributed by atoms with Crippen LogP contribution in [0.2, 0.25) is 5.15 Å². The Morgan fingerprint density at radius 3 is 3.29 bits per heavy atom. The molecule has 3 nitrogen and oxygen atoms in total. The molecule has 76 valence electrons. The first-order valence-corrected chi connectivity index (χ1v) is 5.20. The van der Waals surface area contributed by atoms with Crippen molar-refractivity contribution in [2.45, 2.75) is 18.9 Å². The maximum atomic E-state index is 5.90. The van der Waals surface area contributed by atoms with Gasteiger partial charge in [0.1, 0.15) is 0 Å². The first-order valence-electron chi connectivity index (χ1n) is 4.82. The van der Waals surface area contributed by atoms with E-state index in [1.807, 2.05) is 12.1 Å². The Morgan fingerprint density at radius 1 is 1.64 bits per heavy atom. The SMILES string of the molecule is Clc1ncccc1NCC1CCCO1. The van der Waals surface area contributed by atoms with Crippen molar-refractivity contribution in [2.24, 2.45) is 0 Å². The van der Waals surface area contributed by atoms with Crippen LogP contribution in [0.5, 0.6) is 0 Å². The molecule has 1 aliphatic rings. The fourth-order valence-electron chi connectivity index (χ4n) is 1.55. The van der Waals surface area contributed by atoms with E-state index in [2.05, 4.69) is 10.3 Å². The van der Waals surface area contributed by atoms with E-state index in [4.69, 9.17) is 16.3 Å². The van der Waals surface area contributed by atoms with Crippen molar-refractivity contribution in [2.75, 3.05) is 18.5 Å². The Morgan fingerprint density at radius 2 is 2.57 bits per heavy atom. The number of pyridine rings is 1. The molecule has 2 rings (SSSR count). The molecule has 1 unspecified atom stereocenters. The predicted octanol–water partition coefficient (Wildman–Crippen LogP) is 2.33. The number of nitrogens with one attached hydrogen (secondary N) is 1. The van der Waals surface area contributed by atoms with Crippen LogP contribution < -0.4 is 5.32 Å². The zero-order valence-electron chi connectivity index (χ0n) is 7.87. The van der Waals surface area contributed by atoms with Crippen molar-refractivity contribution in [3.05, 3.63) is 23.5 Å². The highest BCUT2D eigenvalue weighted by molar-refractivity contribution is 6.31. The van der Waals surface area contributed by atoms with E-state index in [0.29, 0.717) is 11.3 Å². The lowest BCUT2D eigenvalue weighted by Crippen LogP contribution is -2.18. The highest BCUT2D eigenvalue weighted by atomic mass is 35.5. The molecule has 1 fully saturated rings. The summed E-state index contributed by atoms with van der Waals surface area (Å²) in [5.41, 5.74) is 0.879. The number of nitrogens with zero attached hydrogens (tertiary/aromatic N) is 1. The van der Waals surface area contributed by atoms with Gasteiger partial charge in [0.15, 0.2) is 5.15 Å². The number of aromatic nitrogens is 1. The van der Waals surface area contributed by atoms with Crippen LogP contribution >= 0.6 is 11.6 Å². The van der Waals surface area contributed by atoms with Crippen molar-refractivity contribution in [3.63, 3.8) is 0 Å². The maximum Gasteiger partial charge on any atom is 0.152 e. The lowest BCUT2D eigenvalue weighted by Gasteiger charge is -2.12. The van der Waals surface area contributed by atoms with Crippen LogP contribution in [0.3, 0.4) is 0 Å². The number of halogens is 1. The summed E-state index contributed by atoms with van der Waals surface area (Å²) < 4.78 is 5.49. The minimum absolute atomic E-state index is 0.325. The largest absolute Gasteiger partial charge is 0.380 e. The van der Waals surface area contributed by atoms with Gasteiger partial charge in [-0.1, -0.05) is 11.6 Å². The van der Waals surface area contributed by atoms with Gasteiger partial charge in [0.05, 0.1) is 11.8 Å². The topological polar surface area (TPSA) is 34.2 Å². The molecule has 0 aliphatic carbocycles. The van der Waals surface area contributed by atoms with Crippen LogP contribution in [0, 0.1) is 0 Å². The van der Waals surface area contributed by atoms with Gasteiger partial charge in [0.25, 0.3) is 0 Å². The molecule has 0 radical (unpaired) electrons. The molecule has 4 heteroatoms. The molecule has 1 aromatic heterocycles. The van der Waals surface area contributed by atoms with E-state index in [1.54, 1.807) is 6.20 Å². The minimum Gasteiger partial charge on any atom is -0.380 e. The Balaban J connectivity index is 1.88. The number of anilines is 1. The summed E-state index contributed by atoms with van der Waals surface area (Å²) in [5.74, 6) is 0. The molecule has 0 aromatic carbocycles. The zero-order valence-corrected chi connectivity index (χ0v) is 8.63. The van der Waals surface area contributed by atoms with Gasteiger partial charge in [0.2, 0.25) is 0 Å². The second kappa shape index (κ2) is 4.62. The maximum absolute atomic E-state index is 5.90. The number of hydrogen-bond acceptors (Lipinski definition) is 3. The third-order valence-electron chi connectivity index (χ3n) is 2.30. The second-order valence-electron chi connectivity index (χ2n) is 3.36. The molecule has 0 amide bonds. The predicted molar refractivity (Wildman–Crippen MR) is 56.7 cm³/mol. The van der Waals surface area contributed by atoms with Gasteiger partial charge in [-0.3, -0.25) is 0 Å². The lowest BCUT2D eigenvalue weighted by atomic mass is 10.2. The molecule has 1 aliphatic heterocycles. The molecular formula is C10H13ClN2O. The first kappa shape index (κ1) is 9.74. The average Bonchev–Trinajstić information content (AvgIpc) is 2.69. The van der Waals surface area contributed by atoms with E-state index < -0.39 is 0 Å². The fraction of sp³-hybridized carbons (Fsp3) is 0.500. The first-order chi connectivity index (χ1) is 6.86. The standard InChI is InChI=1S/C10H13ClN2O/c11-10-9(4-1-5-12-10)13-7-8-3-2-6-14-8/h1,4-5,8,13H,2-3,6-7H2. The Bertz CT molecular complexity index is 300. The normalized spacial score (nSPS) is 21.1. The van der Waals surface area contributed by atoms with E-state index >= 15 is 0 Å². The number of ether oxygens (including phenoxy) is 1. The monoisotopic (exact) mass is 212 g/mol. The van der Waals surface area contributed by atoms with Gasteiger partial charge < -0.3 is 10.1 Å². The van der Waals surface area contributed by atoms with E-state index in [0.717, 1.165) is 31.7 Å². The van der Waals surface area contributed by atoms with Crippen molar-refractivity contribution in [1.82, 2.24) is 4.98 Å². The molecule has 1 aromatic rings. The second-order valence-corrected chi connectivity index (χ2v) is 3.72. The number of hydrogen-bond donors (Lipinski definition) is 1. The van der Waals surface area contributed by atoms with Crippen LogP contribution in [-0.4, -0.2) is 24.2 Å². The van der Waals surface area contributed by atoms with E-state index in [1.165, 1.54) is 0 Å². The van der Waals surface area contributed by atoms with Gasteiger partial charge in [-0.25, -0.2) is 4.98 Å². The molecule has 0 spiro atoms. The van der Waals surface area contributed by atoms with Gasteiger partial charge in [-0.15, -0.1) is 0 Å². The summed E-state index contributed by atoms with van der Waals surface area (Å²) in [7, 11) is 0. The summed E-state index contributed by atoms with van der Waals surface area (Å²) in [5, 5.41) is 3.75. The van der Waals surface area contributed by atoms with Crippen LogP contribution in [0.25, 0.3) is 0 Å². The zero-order chi connectivity index (χ0) is 9.80. The van der Waals surface area contributed by atoms with Crippen molar-refractivity contribution in [1.29, 1.82) is 0 Å².